The average Bonchev–Trinajstić information content (AvgIpc) is 3.18. The van der Waals surface area contributed by atoms with Gasteiger partial charge in [-0.3, -0.25) is 14.5 Å². The van der Waals surface area contributed by atoms with E-state index in [4.69, 9.17) is 4.42 Å². The Kier molecular flexibility index (Phi) is 5.79. The zero-order chi connectivity index (χ0) is 21.4. The van der Waals surface area contributed by atoms with Crippen LogP contribution in [0.2, 0.25) is 0 Å². The Morgan fingerprint density at radius 1 is 1.31 bits per heavy atom. The van der Waals surface area contributed by atoms with E-state index in [9.17, 15) is 14.4 Å². The van der Waals surface area contributed by atoms with Gasteiger partial charge in [-0.25, -0.2) is 4.79 Å². The van der Waals surface area contributed by atoms with E-state index in [0.717, 1.165) is 29.9 Å². The first-order valence-electron chi connectivity index (χ1n) is 10.5. The molecule has 3 rings (SSSR count). The van der Waals surface area contributed by atoms with E-state index >= 15 is 0 Å². The lowest BCUT2D eigenvalue weighted by atomic mass is 9.65. The Hall–Kier alpha value is -2.31. The van der Waals surface area contributed by atoms with Gasteiger partial charge >= 0.3 is 6.03 Å². The van der Waals surface area contributed by atoms with Crippen LogP contribution >= 0.6 is 0 Å². The second kappa shape index (κ2) is 7.84. The van der Waals surface area contributed by atoms with Crippen LogP contribution in [0.1, 0.15) is 64.4 Å². The topological polar surface area (TPSA) is 82.9 Å². The van der Waals surface area contributed by atoms with E-state index < -0.39 is 11.6 Å². The minimum atomic E-state index is -0.839. The predicted molar refractivity (Wildman–Crippen MR) is 109 cm³/mol. The van der Waals surface area contributed by atoms with Gasteiger partial charge in [0.05, 0.1) is 6.54 Å². The molecule has 1 aliphatic heterocycles. The Bertz CT molecular complexity index is 790. The lowest BCUT2D eigenvalue weighted by Crippen LogP contribution is -2.51. The first kappa shape index (κ1) is 21.4. The van der Waals surface area contributed by atoms with Crippen LogP contribution in [0, 0.1) is 18.3 Å². The smallest absolute Gasteiger partial charge is 0.325 e. The molecule has 7 nitrogen and oxygen atoms in total. The maximum atomic E-state index is 13.1. The van der Waals surface area contributed by atoms with Gasteiger partial charge in [-0.15, -0.1) is 0 Å². The van der Waals surface area contributed by atoms with Gasteiger partial charge in [0.25, 0.3) is 5.91 Å². The zero-order valence-corrected chi connectivity index (χ0v) is 18.2. The van der Waals surface area contributed by atoms with Crippen molar-refractivity contribution in [2.75, 3.05) is 13.6 Å². The highest BCUT2D eigenvalue weighted by Gasteiger charge is 2.53. The molecule has 0 aromatic carbocycles. The molecular weight excluding hydrogens is 370 g/mol. The highest BCUT2D eigenvalue weighted by atomic mass is 16.3. The molecule has 1 aromatic heterocycles. The van der Waals surface area contributed by atoms with Crippen molar-refractivity contribution >= 4 is 17.8 Å². The van der Waals surface area contributed by atoms with Crippen molar-refractivity contribution in [1.29, 1.82) is 0 Å². The highest BCUT2D eigenvalue weighted by molar-refractivity contribution is 6.09. The molecule has 1 aliphatic carbocycles. The lowest BCUT2D eigenvalue weighted by Gasteiger charge is -2.42. The van der Waals surface area contributed by atoms with Gasteiger partial charge in [-0.2, -0.15) is 0 Å². The van der Waals surface area contributed by atoms with Gasteiger partial charge in [-0.05, 0) is 56.1 Å². The fourth-order valence-electron chi connectivity index (χ4n) is 4.49. The zero-order valence-electron chi connectivity index (χ0n) is 18.2. The summed E-state index contributed by atoms with van der Waals surface area (Å²) in [6.07, 6.45) is 4.18. The van der Waals surface area contributed by atoms with Gasteiger partial charge in [0.15, 0.2) is 0 Å². The van der Waals surface area contributed by atoms with Crippen LogP contribution in [-0.2, 0) is 16.1 Å². The summed E-state index contributed by atoms with van der Waals surface area (Å²) in [5, 5.41) is 2.90. The summed E-state index contributed by atoms with van der Waals surface area (Å²) in [7, 11) is 1.65. The lowest BCUT2D eigenvalue weighted by molar-refractivity contribution is -0.139. The molecular formula is C22H33N3O4. The van der Waals surface area contributed by atoms with E-state index in [1.807, 2.05) is 19.1 Å². The molecule has 4 amide bonds. The largest absolute Gasteiger partial charge is 0.464 e. The van der Waals surface area contributed by atoms with Crippen LogP contribution in [0.4, 0.5) is 4.79 Å². The number of urea groups is 1. The molecule has 2 fully saturated rings. The number of carbonyl (C=O) groups is 3. The summed E-state index contributed by atoms with van der Waals surface area (Å²) in [4.78, 5) is 40.8. The van der Waals surface area contributed by atoms with Crippen LogP contribution in [0.25, 0.3) is 0 Å². The van der Waals surface area contributed by atoms with Crippen molar-refractivity contribution in [1.82, 2.24) is 15.1 Å². The molecule has 29 heavy (non-hydrogen) atoms. The third-order valence-corrected chi connectivity index (χ3v) is 7.01. The Morgan fingerprint density at radius 3 is 2.52 bits per heavy atom. The van der Waals surface area contributed by atoms with Crippen molar-refractivity contribution in [3.63, 3.8) is 0 Å². The fourth-order valence-corrected chi connectivity index (χ4v) is 4.49. The number of imide groups is 1. The molecule has 1 saturated carbocycles. The molecule has 2 heterocycles. The third-order valence-electron chi connectivity index (χ3n) is 7.01. The first-order valence-corrected chi connectivity index (χ1v) is 10.5. The number of furan rings is 1. The number of carbonyl (C=O) groups excluding carboxylic acids is 3. The molecule has 160 valence electrons. The minimum Gasteiger partial charge on any atom is -0.464 e. The number of hydrogen-bond donors (Lipinski definition) is 1. The quantitative estimate of drug-likeness (QED) is 0.738. The third kappa shape index (κ3) is 4.19. The molecule has 1 N–H and O–H groups in total. The molecule has 1 saturated heterocycles. The number of aryl methyl sites for hydroxylation is 1. The van der Waals surface area contributed by atoms with Crippen molar-refractivity contribution < 1.29 is 18.8 Å². The number of nitrogens with one attached hydrogen (secondary N) is 1. The summed E-state index contributed by atoms with van der Waals surface area (Å²) < 4.78 is 5.50. The van der Waals surface area contributed by atoms with E-state index in [-0.39, 0.29) is 23.8 Å². The molecule has 0 atom stereocenters. The van der Waals surface area contributed by atoms with Crippen LogP contribution in [0.15, 0.2) is 16.5 Å². The molecule has 1 spiro atoms. The predicted octanol–water partition coefficient (Wildman–Crippen LogP) is 3.46. The second-order valence-corrected chi connectivity index (χ2v) is 9.28. The van der Waals surface area contributed by atoms with E-state index in [2.05, 4.69) is 26.1 Å². The molecule has 0 bridgehead atoms. The van der Waals surface area contributed by atoms with Crippen LogP contribution in [-0.4, -0.2) is 46.8 Å². The number of nitrogens with zero attached hydrogens (tertiary/aromatic N) is 2. The minimum absolute atomic E-state index is 0.232. The van der Waals surface area contributed by atoms with E-state index in [1.165, 1.54) is 4.90 Å². The van der Waals surface area contributed by atoms with Crippen molar-refractivity contribution in [3.05, 3.63) is 23.7 Å². The van der Waals surface area contributed by atoms with E-state index in [0.29, 0.717) is 31.1 Å². The van der Waals surface area contributed by atoms with Crippen molar-refractivity contribution in [3.8, 4) is 0 Å². The molecule has 7 heteroatoms. The fraction of sp³-hybridized carbons (Fsp3) is 0.682. The number of rotatable bonds is 6. The van der Waals surface area contributed by atoms with Gasteiger partial charge in [-0.1, -0.05) is 27.2 Å². The van der Waals surface area contributed by atoms with Crippen LogP contribution in [0.5, 0.6) is 0 Å². The van der Waals surface area contributed by atoms with Crippen molar-refractivity contribution in [2.45, 2.75) is 71.9 Å². The number of amides is 4. The van der Waals surface area contributed by atoms with Crippen molar-refractivity contribution in [2.24, 2.45) is 11.3 Å². The van der Waals surface area contributed by atoms with Gasteiger partial charge in [0.2, 0.25) is 5.91 Å². The SMILES string of the molecule is CCC(C)(C)C1CCC2(CC1)NC(=O)N(CC(=O)N(C)Cc1ccc(C)o1)C2=O. The Morgan fingerprint density at radius 2 is 1.97 bits per heavy atom. The van der Waals surface area contributed by atoms with Crippen LogP contribution in [0.3, 0.4) is 0 Å². The maximum absolute atomic E-state index is 13.1. The second-order valence-electron chi connectivity index (χ2n) is 9.28. The Balaban J connectivity index is 1.61. The molecule has 2 aliphatic rings. The van der Waals surface area contributed by atoms with E-state index in [1.54, 1.807) is 7.05 Å². The van der Waals surface area contributed by atoms with Gasteiger partial charge < -0.3 is 14.6 Å². The highest BCUT2D eigenvalue weighted by Crippen LogP contribution is 2.45. The standard InChI is InChI=1S/C22H33N3O4/c1-6-21(3,4)16-9-11-22(12-10-16)19(27)25(20(28)23-22)14-18(26)24(5)13-17-8-7-15(2)29-17/h7-8,16H,6,9-14H2,1-5H3,(H,23,28). The number of hydrogen-bond acceptors (Lipinski definition) is 4. The average molecular weight is 404 g/mol. The Labute approximate surface area is 172 Å². The van der Waals surface area contributed by atoms with Gasteiger partial charge in [0.1, 0.15) is 23.6 Å². The summed E-state index contributed by atoms with van der Waals surface area (Å²) in [6.45, 7) is 8.63. The summed E-state index contributed by atoms with van der Waals surface area (Å²) >= 11 is 0. The molecule has 0 radical (unpaired) electrons. The normalized spacial score (nSPS) is 24.9. The maximum Gasteiger partial charge on any atom is 0.325 e. The number of likely N-dealkylation sites (N-methyl/N-ethyl adjacent to an activating group) is 1. The summed E-state index contributed by atoms with van der Waals surface area (Å²) in [6, 6.07) is 3.20. The molecule has 0 unspecified atom stereocenters. The van der Waals surface area contributed by atoms with Gasteiger partial charge in [0, 0.05) is 7.05 Å². The van der Waals surface area contributed by atoms with Crippen LogP contribution < -0.4 is 5.32 Å². The first-order chi connectivity index (χ1) is 13.6. The summed E-state index contributed by atoms with van der Waals surface area (Å²) in [5.74, 6) is 1.44. The monoisotopic (exact) mass is 403 g/mol. The molecule has 1 aromatic rings. The summed E-state index contributed by atoms with van der Waals surface area (Å²) in [5.41, 5.74) is -0.607.